The molecule has 10 heteroatoms. The fraction of sp³-hybridized carbons (Fsp3) is 0.333. The smallest absolute Gasteiger partial charge is 0.323 e. The molecule has 1 aromatic heterocycles. The van der Waals surface area contributed by atoms with Crippen LogP contribution in [0.4, 0.5) is 18.7 Å². The SMILES string of the molecule is CCC1(CC)NC(=O)N(CC(=O)Nc2nc(-c3ccc(F)c(F)c3)cs2)C1=O. The lowest BCUT2D eigenvalue weighted by Gasteiger charge is -2.22. The lowest BCUT2D eigenvalue weighted by molar-refractivity contribution is -0.134. The van der Waals surface area contributed by atoms with Gasteiger partial charge >= 0.3 is 6.03 Å². The van der Waals surface area contributed by atoms with E-state index in [-0.39, 0.29) is 5.13 Å². The van der Waals surface area contributed by atoms with E-state index in [4.69, 9.17) is 0 Å². The Morgan fingerprint density at radius 2 is 1.96 bits per heavy atom. The van der Waals surface area contributed by atoms with Gasteiger partial charge in [0.25, 0.3) is 5.91 Å². The van der Waals surface area contributed by atoms with E-state index >= 15 is 0 Å². The van der Waals surface area contributed by atoms with Crippen LogP contribution in [-0.2, 0) is 9.59 Å². The van der Waals surface area contributed by atoms with Crippen LogP contribution in [0.15, 0.2) is 23.6 Å². The number of hydrogen-bond acceptors (Lipinski definition) is 5. The Morgan fingerprint density at radius 1 is 1.25 bits per heavy atom. The molecule has 0 unspecified atom stereocenters. The summed E-state index contributed by atoms with van der Waals surface area (Å²) in [6.07, 6.45) is 0.854. The first-order valence-corrected chi connectivity index (χ1v) is 9.52. The number of nitrogens with one attached hydrogen (secondary N) is 2. The molecule has 2 aromatic rings. The van der Waals surface area contributed by atoms with Gasteiger partial charge in [0, 0.05) is 10.9 Å². The molecule has 4 amide bonds. The molecular formula is C18H18F2N4O3S. The van der Waals surface area contributed by atoms with Gasteiger partial charge in [-0.05, 0) is 31.0 Å². The van der Waals surface area contributed by atoms with E-state index in [2.05, 4.69) is 15.6 Å². The second-order valence-corrected chi connectivity index (χ2v) is 7.18. The third kappa shape index (κ3) is 3.59. The first-order valence-electron chi connectivity index (χ1n) is 8.64. The van der Waals surface area contributed by atoms with Crippen molar-refractivity contribution in [3.8, 4) is 11.3 Å². The van der Waals surface area contributed by atoms with Crippen LogP contribution in [0, 0.1) is 11.6 Å². The fourth-order valence-electron chi connectivity index (χ4n) is 2.97. The third-order valence-corrected chi connectivity index (χ3v) is 5.48. The number of benzene rings is 1. The molecule has 1 aliphatic rings. The summed E-state index contributed by atoms with van der Waals surface area (Å²) >= 11 is 1.09. The molecule has 0 aliphatic carbocycles. The Balaban J connectivity index is 1.67. The van der Waals surface area contributed by atoms with Crippen LogP contribution in [0.2, 0.25) is 0 Å². The minimum Gasteiger partial charge on any atom is -0.323 e. The topological polar surface area (TPSA) is 91.4 Å². The quantitative estimate of drug-likeness (QED) is 0.719. The first kappa shape index (κ1) is 19.9. The molecule has 0 atom stereocenters. The summed E-state index contributed by atoms with van der Waals surface area (Å²) in [4.78, 5) is 41.9. The van der Waals surface area contributed by atoms with E-state index < -0.39 is 41.6 Å². The third-order valence-electron chi connectivity index (χ3n) is 4.72. The Morgan fingerprint density at radius 3 is 2.57 bits per heavy atom. The maximum atomic E-state index is 13.4. The van der Waals surface area contributed by atoms with Gasteiger partial charge in [0.1, 0.15) is 12.1 Å². The predicted molar refractivity (Wildman–Crippen MR) is 99.7 cm³/mol. The number of thiazole rings is 1. The van der Waals surface area contributed by atoms with Gasteiger partial charge in [0.05, 0.1) is 5.69 Å². The molecular weight excluding hydrogens is 390 g/mol. The summed E-state index contributed by atoms with van der Waals surface area (Å²) < 4.78 is 26.4. The maximum absolute atomic E-state index is 13.4. The molecule has 148 valence electrons. The standard InChI is InChI=1S/C18H18F2N4O3S/c1-3-18(4-2)15(26)24(17(27)23-18)8-14(25)22-16-21-13(9-28-16)10-5-6-11(19)12(20)7-10/h5-7,9H,3-4,8H2,1-2H3,(H,23,27)(H,21,22,25). The number of imide groups is 1. The van der Waals surface area contributed by atoms with Crippen molar-refractivity contribution in [3.63, 3.8) is 0 Å². The van der Waals surface area contributed by atoms with Gasteiger partial charge in [-0.25, -0.2) is 18.6 Å². The zero-order valence-corrected chi connectivity index (χ0v) is 16.0. The molecule has 2 heterocycles. The lowest BCUT2D eigenvalue weighted by atomic mass is 9.93. The van der Waals surface area contributed by atoms with Crippen LogP contribution in [0.1, 0.15) is 26.7 Å². The lowest BCUT2D eigenvalue weighted by Crippen LogP contribution is -2.46. The van der Waals surface area contributed by atoms with Gasteiger partial charge in [-0.15, -0.1) is 11.3 Å². The largest absolute Gasteiger partial charge is 0.325 e. The molecule has 28 heavy (non-hydrogen) atoms. The number of aromatic nitrogens is 1. The Labute approximate surface area is 163 Å². The van der Waals surface area contributed by atoms with Gasteiger partial charge in [-0.3, -0.25) is 14.5 Å². The monoisotopic (exact) mass is 408 g/mol. The number of nitrogens with zero attached hydrogens (tertiary/aromatic N) is 2. The number of hydrogen-bond donors (Lipinski definition) is 2. The maximum Gasteiger partial charge on any atom is 0.325 e. The second kappa shape index (κ2) is 7.63. The van der Waals surface area contributed by atoms with Gasteiger partial charge in [0.2, 0.25) is 5.91 Å². The predicted octanol–water partition coefficient (Wildman–Crippen LogP) is 3.14. The van der Waals surface area contributed by atoms with Gasteiger partial charge in [0.15, 0.2) is 16.8 Å². The van der Waals surface area contributed by atoms with Crippen LogP contribution in [0.5, 0.6) is 0 Å². The first-order chi connectivity index (χ1) is 13.3. The average Bonchev–Trinajstić information content (AvgIpc) is 3.22. The number of carbonyl (C=O) groups excluding carboxylic acids is 3. The molecule has 1 aromatic carbocycles. The molecule has 3 rings (SSSR count). The average molecular weight is 408 g/mol. The van der Waals surface area contributed by atoms with Crippen LogP contribution in [0.3, 0.4) is 0 Å². The zero-order chi connectivity index (χ0) is 20.5. The highest BCUT2D eigenvalue weighted by Crippen LogP contribution is 2.27. The number of rotatable bonds is 6. The molecule has 1 saturated heterocycles. The number of urea groups is 1. The van der Waals surface area contributed by atoms with Gasteiger partial charge < -0.3 is 10.6 Å². The molecule has 0 bridgehead atoms. The van der Waals surface area contributed by atoms with E-state index in [1.165, 1.54) is 6.07 Å². The van der Waals surface area contributed by atoms with Crippen LogP contribution >= 0.6 is 11.3 Å². The van der Waals surface area contributed by atoms with Crippen molar-refractivity contribution in [3.05, 3.63) is 35.2 Å². The molecule has 0 radical (unpaired) electrons. The molecule has 0 spiro atoms. The van der Waals surface area contributed by atoms with Crippen molar-refractivity contribution in [2.24, 2.45) is 0 Å². The summed E-state index contributed by atoms with van der Waals surface area (Å²) in [6.45, 7) is 3.15. The van der Waals surface area contributed by atoms with E-state index in [9.17, 15) is 23.2 Å². The van der Waals surface area contributed by atoms with Crippen molar-refractivity contribution < 1.29 is 23.2 Å². The summed E-state index contributed by atoms with van der Waals surface area (Å²) in [5.41, 5.74) is -0.246. The van der Waals surface area contributed by atoms with Crippen molar-refractivity contribution in [1.29, 1.82) is 0 Å². The Kier molecular flexibility index (Phi) is 5.41. The molecule has 0 saturated carbocycles. The van der Waals surface area contributed by atoms with E-state index in [0.717, 1.165) is 28.4 Å². The van der Waals surface area contributed by atoms with Crippen molar-refractivity contribution >= 4 is 34.3 Å². The Bertz CT molecular complexity index is 943. The number of carbonyl (C=O) groups is 3. The molecule has 2 N–H and O–H groups in total. The van der Waals surface area contributed by atoms with E-state index in [0.29, 0.717) is 24.1 Å². The summed E-state index contributed by atoms with van der Waals surface area (Å²) in [5, 5.41) is 6.96. The normalized spacial score (nSPS) is 15.6. The highest BCUT2D eigenvalue weighted by atomic mass is 32.1. The zero-order valence-electron chi connectivity index (χ0n) is 15.2. The number of anilines is 1. The minimum absolute atomic E-state index is 0.217. The summed E-state index contributed by atoms with van der Waals surface area (Å²) in [5.74, 6) is -2.97. The minimum atomic E-state index is -0.995. The van der Waals surface area contributed by atoms with Crippen molar-refractivity contribution in [2.75, 3.05) is 11.9 Å². The van der Waals surface area contributed by atoms with Gasteiger partial charge in [-0.1, -0.05) is 13.8 Å². The van der Waals surface area contributed by atoms with Crippen LogP contribution < -0.4 is 10.6 Å². The summed E-state index contributed by atoms with van der Waals surface area (Å²) in [6, 6.07) is 2.78. The van der Waals surface area contributed by atoms with E-state index in [1.54, 1.807) is 19.2 Å². The van der Waals surface area contributed by atoms with Crippen LogP contribution in [0.25, 0.3) is 11.3 Å². The van der Waals surface area contributed by atoms with Crippen molar-refractivity contribution in [2.45, 2.75) is 32.2 Å². The fourth-order valence-corrected chi connectivity index (χ4v) is 3.71. The van der Waals surface area contributed by atoms with E-state index in [1.807, 2.05) is 0 Å². The summed E-state index contributed by atoms with van der Waals surface area (Å²) in [7, 11) is 0. The Hall–Kier alpha value is -2.88. The number of amides is 4. The van der Waals surface area contributed by atoms with Crippen molar-refractivity contribution in [1.82, 2.24) is 15.2 Å². The highest BCUT2D eigenvalue weighted by molar-refractivity contribution is 7.14. The van der Waals surface area contributed by atoms with Gasteiger partial charge in [-0.2, -0.15) is 0 Å². The molecule has 7 nitrogen and oxygen atoms in total. The second-order valence-electron chi connectivity index (χ2n) is 6.33. The number of halogens is 2. The highest BCUT2D eigenvalue weighted by Gasteiger charge is 2.49. The molecule has 1 fully saturated rings. The molecule has 1 aliphatic heterocycles. The van der Waals surface area contributed by atoms with Crippen LogP contribution in [-0.4, -0.2) is 39.8 Å².